The highest BCUT2D eigenvalue weighted by atomic mass is 32.1. The number of rotatable bonds is 4. The molecule has 68 valence electrons. The summed E-state index contributed by atoms with van der Waals surface area (Å²) in [4.78, 5) is 1.09. The van der Waals surface area contributed by atoms with Crippen LogP contribution in [0.1, 0.15) is 32.1 Å². The molecule has 1 rings (SSSR count). The number of nitrogens with one attached hydrogen (secondary N) is 1. The summed E-state index contributed by atoms with van der Waals surface area (Å²) in [5.74, 6) is 0.647. The van der Waals surface area contributed by atoms with Gasteiger partial charge < -0.3 is 5.32 Å². The van der Waals surface area contributed by atoms with Crippen LogP contribution in [0, 0.1) is 5.92 Å². The van der Waals surface area contributed by atoms with Crippen molar-refractivity contribution >= 4 is 17.2 Å². The second-order valence-corrected chi connectivity index (χ2v) is 3.79. The van der Waals surface area contributed by atoms with Crippen molar-refractivity contribution < 1.29 is 0 Å². The standard InChI is InChI=1S/C10H17NS/c1-2-3-4-6-9-7-5-8-11-10(9)12/h2,9H,1,3-8H2,(H,11,12). The lowest BCUT2D eigenvalue weighted by atomic mass is 9.94. The Bertz CT molecular complexity index is 165. The lowest BCUT2D eigenvalue weighted by Crippen LogP contribution is -2.34. The van der Waals surface area contributed by atoms with Gasteiger partial charge in [0.2, 0.25) is 0 Å². The molecule has 1 unspecified atom stereocenters. The molecule has 1 aliphatic rings. The highest BCUT2D eigenvalue weighted by molar-refractivity contribution is 7.80. The molecule has 1 fully saturated rings. The molecule has 1 nitrogen and oxygen atoms in total. The number of allylic oxidation sites excluding steroid dienone is 1. The SMILES string of the molecule is C=CCCCC1CCCNC1=S. The van der Waals surface area contributed by atoms with Gasteiger partial charge in [-0.05, 0) is 32.1 Å². The molecule has 1 heterocycles. The highest BCUT2D eigenvalue weighted by Gasteiger charge is 2.17. The maximum Gasteiger partial charge on any atom is 0.0784 e. The summed E-state index contributed by atoms with van der Waals surface area (Å²) in [6, 6.07) is 0. The van der Waals surface area contributed by atoms with Crippen molar-refractivity contribution in [3.8, 4) is 0 Å². The second kappa shape index (κ2) is 5.31. The van der Waals surface area contributed by atoms with Crippen LogP contribution in [0.25, 0.3) is 0 Å². The Morgan fingerprint density at radius 2 is 2.50 bits per heavy atom. The van der Waals surface area contributed by atoms with E-state index in [4.69, 9.17) is 12.2 Å². The van der Waals surface area contributed by atoms with Crippen LogP contribution in [0.3, 0.4) is 0 Å². The van der Waals surface area contributed by atoms with Crippen molar-refractivity contribution in [2.75, 3.05) is 6.54 Å². The molecule has 1 aliphatic heterocycles. The molecule has 0 saturated carbocycles. The van der Waals surface area contributed by atoms with Crippen molar-refractivity contribution in [1.29, 1.82) is 0 Å². The van der Waals surface area contributed by atoms with E-state index in [0.717, 1.165) is 18.0 Å². The molecule has 0 aliphatic carbocycles. The Balaban J connectivity index is 2.20. The van der Waals surface area contributed by atoms with Crippen molar-refractivity contribution in [1.82, 2.24) is 5.32 Å². The van der Waals surface area contributed by atoms with Crippen LogP contribution in [0.2, 0.25) is 0 Å². The molecule has 0 aromatic rings. The zero-order chi connectivity index (χ0) is 8.81. The third kappa shape index (κ3) is 2.94. The fourth-order valence-corrected chi connectivity index (χ4v) is 1.96. The topological polar surface area (TPSA) is 12.0 Å². The first-order valence-electron chi connectivity index (χ1n) is 4.73. The van der Waals surface area contributed by atoms with Crippen LogP contribution in [0.15, 0.2) is 12.7 Å². The van der Waals surface area contributed by atoms with Crippen LogP contribution in [0.5, 0.6) is 0 Å². The van der Waals surface area contributed by atoms with E-state index in [9.17, 15) is 0 Å². The van der Waals surface area contributed by atoms with Crippen molar-refractivity contribution in [2.45, 2.75) is 32.1 Å². The predicted molar refractivity (Wildman–Crippen MR) is 57.4 cm³/mol. The van der Waals surface area contributed by atoms with E-state index >= 15 is 0 Å². The molecule has 0 aromatic carbocycles. The smallest absolute Gasteiger partial charge is 0.0784 e. The minimum absolute atomic E-state index is 0.647. The van der Waals surface area contributed by atoms with E-state index in [1.807, 2.05) is 6.08 Å². The van der Waals surface area contributed by atoms with Gasteiger partial charge in [-0.2, -0.15) is 0 Å². The number of unbranched alkanes of at least 4 members (excludes halogenated alkanes) is 1. The first-order chi connectivity index (χ1) is 5.84. The van der Waals surface area contributed by atoms with Gasteiger partial charge in [0.05, 0.1) is 4.99 Å². The normalized spacial score (nSPS) is 23.3. The van der Waals surface area contributed by atoms with Gasteiger partial charge >= 0.3 is 0 Å². The first-order valence-corrected chi connectivity index (χ1v) is 5.14. The van der Waals surface area contributed by atoms with Crippen LogP contribution in [-0.2, 0) is 0 Å². The van der Waals surface area contributed by atoms with Crippen LogP contribution >= 0.6 is 12.2 Å². The van der Waals surface area contributed by atoms with E-state index in [2.05, 4.69) is 11.9 Å². The molecule has 0 aromatic heterocycles. The summed E-state index contributed by atoms with van der Waals surface area (Å²) >= 11 is 5.24. The molecular formula is C10H17NS. The highest BCUT2D eigenvalue weighted by Crippen LogP contribution is 2.19. The molecule has 1 atom stereocenters. The van der Waals surface area contributed by atoms with Gasteiger partial charge in [-0.3, -0.25) is 0 Å². The van der Waals surface area contributed by atoms with Gasteiger partial charge in [0.25, 0.3) is 0 Å². The molecule has 12 heavy (non-hydrogen) atoms. The molecular weight excluding hydrogens is 166 g/mol. The Hall–Kier alpha value is -0.370. The molecule has 0 amide bonds. The van der Waals surface area contributed by atoms with Gasteiger partial charge in [-0.25, -0.2) is 0 Å². The van der Waals surface area contributed by atoms with Crippen molar-refractivity contribution in [3.05, 3.63) is 12.7 Å². The summed E-state index contributed by atoms with van der Waals surface area (Å²) < 4.78 is 0. The Kier molecular flexibility index (Phi) is 4.30. The third-order valence-electron chi connectivity index (χ3n) is 2.36. The largest absolute Gasteiger partial charge is 0.379 e. The van der Waals surface area contributed by atoms with E-state index in [1.54, 1.807) is 0 Å². The van der Waals surface area contributed by atoms with Crippen LogP contribution in [0.4, 0.5) is 0 Å². The first kappa shape index (κ1) is 9.72. The van der Waals surface area contributed by atoms with Gasteiger partial charge in [-0.15, -0.1) is 6.58 Å². The third-order valence-corrected chi connectivity index (χ3v) is 2.84. The van der Waals surface area contributed by atoms with Crippen LogP contribution < -0.4 is 5.32 Å². The van der Waals surface area contributed by atoms with E-state index < -0.39 is 0 Å². The molecule has 1 N–H and O–H groups in total. The van der Waals surface area contributed by atoms with E-state index in [0.29, 0.717) is 5.92 Å². The number of piperidine rings is 1. The fourth-order valence-electron chi connectivity index (χ4n) is 1.62. The van der Waals surface area contributed by atoms with E-state index in [-0.39, 0.29) is 0 Å². The average molecular weight is 183 g/mol. The second-order valence-electron chi connectivity index (χ2n) is 3.35. The molecule has 1 saturated heterocycles. The van der Waals surface area contributed by atoms with E-state index in [1.165, 1.54) is 25.7 Å². The summed E-state index contributed by atoms with van der Waals surface area (Å²) in [5, 5.41) is 3.26. The molecule has 2 heteroatoms. The van der Waals surface area contributed by atoms with Crippen molar-refractivity contribution in [3.63, 3.8) is 0 Å². The van der Waals surface area contributed by atoms with Gasteiger partial charge in [0.15, 0.2) is 0 Å². The molecule has 0 bridgehead atoms. The molecule has 0 radical (unpaired) electrons. The summed E-state index contributed by atoms with van der Waals surface area (Å²) in [7, 11) is 0. The minimum atomic E-state index is 0.647. The number of hydrogen-bond donors (Lipinski definition) is 1. The van der Waals surface area contributed by atoms with Crippen molar-refractivity contribution in [2.24, 2.45) is 5.92 Å². The number of thiocarbonyl (C=S) groups is 1. The summed E-state index contributed by atoms with van der Waals surface area (Å²) in [6.45, 7) is 4.79. The van der Waals surface area contributed by atoms with Gasteiger partial charge in [0, 0.05) is 12.5 Å². The van der Waals surface area contributed by atoms with Gasteiger partial charge in [-0.1, -0.05) is 18.3 Å². The lowest BCUT2D eigenvalue weighted by molar-refractivity contribution is 0.492. The predicted octanol–water partition coefficient (Wildman–Crippen LogP) is 2.67. The fraction of sp³-hybridized carbons (Fsp3) is 0.700. The monoisotopic (exact) mass is 183 g/mol. The Morgan fingerprint density at radius 3 is 3.17 bits per heavy atom. The minimum Gasteiger partial charge on any atom is -0.379 e. The van der Waals surface area contributed by atoms with Crippen LogP contribution in [-0.4, -0.2) is 11.5 Å². The zero-order valence-corrected chi connectivity index (χ0v) is 8.33. The maximum atomic E-state index is 5.24. The number of hydrogen-bond acceptors (Lipinski definition) is 1. The zero-order valence-electron chi connectivity index (χ0n) is 7.51. The quantitative estimate of drug-likeness (QED) is 0.408. The molecule has 0 spiro atoms. The average Bonchev–Trinajstić information content (AvgIpc) is 2.09. The Labute approximate surface area is 80.2 Å². The lowest BCUT2D eigenvalue weighted by Gasteiger charge is -2.24. The Morgan fingerprint density at radius 1 is 1.67 bits per heavy atom. The van der Waals surface area contributed by atoms with Gasteiger partial charge in [0.1, 0.15) is 0 Å². The summed E-state index contributed by atoms with van der Waals surface area (Å²) in [6.07, 6.45) is 8.13. The summed E-state index contributed by atoms with van der Waals surface area (Å²) in [5.41, 5.74) is 0. The maximum absolute atomic E-state index is 5.24.